The molecule has 0 unspecified atom stereocenters. The number of benzene rings is 3. The predicted molar refractivity (Wildman–Crippen MR) is 121 cm³/mol. The molecular weight excluding hydrogens is 399 g/mol. The van der Waals surface area contributed by atoms with Gasteiger partial charge in [0.25, 0.3) is 0 Å². The van der Waals surface area contributed by atoms with Gasteiger partial charge in [-0.1, -0.05) is 115 Å². The van der Waals surface area contributed by atoms with E-state index in [-0.39, 0.29) is 0 Å². The first kappa shape index (κ1) is 19.3. The van der Waals surface area contributed by atoms with Crippen LogP contribution in [0.1, 0.15) is 38.2 Å². The van der Waals surface area contributed by atoms with Gasteiger partial charge in [-0.3, -0.25) is 0 Å². The zero-order valence-corrected chi connectivity index (χ0v) is 17.8. The molecule has 0 fully saturated rings. The fourth-order valence-electron chi connectivity index (χ4n) is 3.31. The van der Waals surface area contributed by atoms with Crippen LogP contribution in [0, 0.1) is 0 Å². The van der Waals surface area contributed by atoms with Crippen molar-refractivity contribution in [2.75, 3.05) is 0 Å². The second-order valence-corrected chi connectivity index (χ2v) is 9.59. The molecule has 0 amide bonds. The fraction of sp³-hybridized carbons (Fsp3) is 0.250. The summed E-state index contributed by atoms with van der Waals surface area (Å²) < 4.78 is 1.26. The molecule has 0 aliphatic heterocycles. The Balaban J connectivity index is 2.03. The summed E-state index contributed by atoms with van der Waals surface area (Å²) >= 11 is 3.84. The number of hydrogen-bond acceptors (Lipinski definition) is 0. The minimum atomic E-state index is -0.537. The van der Waals surface area contributed by atoms with Crippen LogP contribution in [0.4, 0.5) is 0 Å². The molecule has 0 aliphatic rings. The lowest BCUT2D eigenvalue weighted by molar-refractivity contribution is 0.667. The zero-order chi connectivity index (χ0) is 18.2. The Hall–Kier alpha value is -1.43. The van der Waals surface area contributed by atoms with E-state index in [9.17, 15) is 0 Å². The molecular formula is C24H26BrP. The summed E-state index contributed by atoms with van der Waals surface area (Å²) in [5.41, 5.74) is 1.49. The van der Waals surface area contributed by atoms with Gasteiger partial charge in [0.15, 0.2) is 0 Å². The summed E-state index contributed by atoms with van der Waals surface area (Å²) in [6.45, 7) is 2.27. The molecule has 3 aromatic carbocycles. The van der Waals surface area contributed by atoms with E-state index in [0.29, 0.717) is 0 Å². The molecule has 134 valence electrons. The molecule has 0 saturated carbocycles. The second kappa shape index (κ2) is 10.0. The molecule has 26 heavy (non-hydrogen) atoms. The molecule has 0 heterocycles. The Kier molecular flexibility index (Phi) is 7.47. The molecule has 0 aromatic heterocycles. The van der Waals surface area contributed by atoms with Crippen molar-refractivity contribution in [3.8, 4) is 0 Å². The third kappa shape index (κ3) is 4.84. The van der Waals surface area contributed by atoms with E-state index >= 15 is 0 Å². The average Bonchev–Trinajstić information content (AvgIpc) is 2.69. The molecule has 3 rings (SSSR count). The minimum absolute atomic E-state index is 0.537. The van der Waals surface area contributed by atoms with Gasteiger partial charge in [0.2, 0.25) is 0 Å². The van der Waals surface area contributed by atoms with Gasteiger partial charge in [-0.2, -0.15) is 0 Å². The van der Waals surface area contributed by atoms with Crippen LogP contribution in [0.3, 0.4) is 0 Å². The summed E-state index contributed by atoms with van der Waals surface area (Å²) in [5, 5.41) is 4.33. The molecule has 0 atom stereocenters. The van der Waals surface area contributed by atoms with Crippen LogP contribution in [0.15, 0.2) is 83.3 Å². The van der Waals surface area contributed by atoms with Crippen molar-refractivity contribution in [2.45, 2.75) is 39.0 Å². The third-order valence-corrected chi connectivity index (χ3v) is 7.92. The van der Waals surface area contributed by atoms with Gasteiger partial charge < -0.3 is 0 Å². The monoisotopic (exact) mass is 424 g/mol. The molecule has 0 radical (unpaired) electrons. The lowest BCUT2D eigenvalue weighted by Crippen LogP contribution is -2.23. The lowest BCUT2D eigenvalue weighted by Gasteiger charge is -2.23. The van der Waals surface area contributed by atoms with Gasteiger partial charge in [-0.05, 0) is 48.3 Å². The fourth-order valence-corrected chi connectivity index (χ4v) is 6.56. The minimum Gasteiger partial charge on any atom is -0.0654 e. The highest BCUT2D eigenvalue weighted by Gasteiger charge is 2.20. The topological polar surface area (TPSA) is 0 Å². The van der Waals surface area contributed by atoms with Gasteiger partial charge in [0, 0.05) is 4.47 Å². The maximum Gasteiger partial charge on any atom is 0.0213 e. The molecule has 0 N–H and O–H groups in total. The average molecular weight is 425 g/mol. The smallest absolute Gasteiger partial charge is 0.0213 e. The maximum absolute atomic E-state index is 3.84. The van der Waals surface area contributed by atoms with Crippen molar-refractivity contribution in [1.82, 2.24) is 0 Å². The first-order valence-corrected chi connectivity index (χ1v) is 11.6. The summed E-state index contributed by atoms with van der Waals surface area (Å²) in [6, 6.07) is 28.7. The summed E-state index contributed by atoms with van der Waals surface area (Å²) in [4.78, 5) is 0. The Morgan fingerprint density at radius 3 is 1.88 bits per heavy atom. The normalized spacial score (nSPS) is 11.0. The first-order valence-electron chi connectivity index (χ1n) is 9.49. The molecule has 0 bridgehead atoms. The third-order valence-electron chi connectivity index (χ3n) is 4.64. The Labute approximate surface area is 167 Å². The summed E-state index contributed by atoms with van der Waals surface area (Å²) in [5.74, 6) is 0. The van der Waals surface area contributed by atoms with Gasteiger partial charge >= 0.3 is 0 Å². The molecule has 0 spiro atoms. The highest BCUT2D eigenvalue weighted by molar-refractivity contribution is 9.10. The van der Waals surface area contributed by atoms with Crippen molar-refractivity contribution in [3.63, 3.8) is 0 Å². The molecule has 2 heteroatoms. The second-order valence-electron chi connectivity index (χ2n) is 6.55. The van der Waals surface area contributed by atoms with Crippen LogP contribution in [0.2, 0.25) is 0 Å². The van der Waals surface area contributed by atoms with Gasteiger partial charge in [0.05, 0.1) is 0 Å². The lowest BCUT2D eigenvalue weighted by atomic mass is 10.1. The molecule has 3 aromatic rings. The van der Waals surface area contributed by atoms with Crippen LogP contribution in [-0.4, -0.2) is 0 Å². The number of hydrogen-bond donors (Lipinski definition) is 0. The quantitative estimate of drug-likeness (QED) is 0.292. The van der Waals surface area contributed by atoms with Crippen molar-refractivity contribution < 1.29 is 0 Å². The summed E-state index contributed by atoms with van der Waals surface area (Å²) in [6.07, 6.45) is 6.33. The first-order chi connectivity index (χ1) is 12.8. The Bertz CT molecular complexity index is 759. The van der Waals surface area contributed by atoms with Crippen LogP contribution in [0.25, 0.3) is 0 Å². The Morgan fingerprint density at radius 2 is 1.31 bits per heavy atom. The van der Waals surface area contributed by atoms with Crippen molar-refractivity contribution in [2.24, 2.45) is 0 Å². The predicted octanol–water partition coefficient (Wildman–Crippen LogP) is 6.33. The van der Waals surface area contributed by atoms with Crippen molar-refractivity contribution in [3.05, 3.63) is 88.9 Å². The summed E-state index contributed by atoms with van der Waals surface area (Å²) in [7, 11) is -0.537. The van der Waals surface area contributed by atoms with E-state index in [1.165, 1.54) is 51.6 Å². The van der Waals surface area contributed by atoms with Crippen LogP contribution in [0.5, 0.6) is 0 Å². The Morgan fingerprint density at radius 1 is 0.692 bits per heavy atom. The van der Waals surface area contributed by atoms with E-state index < -0.39 is 7.92 Å². The molecule has 0 nitrogen and oxygen atoms in total. The maximum atomic E-state index is 3.84. The van der Waals surface area contributed by atoms with Crippen LogP contribution < -0.4 is 15.9 Å². The SMILES string of the molecule is CCCCCCc1c(Br)cccc1P(c1ccccc1)c1ccccc1. The van der Waals surface area contributed by atoms with Crippen LogP contribution >= 0.6 is 23.9 Å². The van der Waals surface area contributed by atoms with Gasteiger partial charge in [-0.25, -0.2) is 0 Å². The van der Waals surface area contributed by atoms with Crippen LogP contribution in [-0.2, 0) is 6.42 Å². The highest BCUT2D eigenvalue weighted by Crippen LogP contribution is 2.36. The van der Waals surface area contributed by atoms with E-state index in [1.807, 2.05) is 0 Å². The zero-order valence-electron chi connectivity index (χ0n) is 15.4. The van der Waals surface area contributed by atoms with Crippen molar-refractivity contribution >= 4 is 39.8 Å². The van der Waals surface area contributed by atoms with E-state index in [1.54, 1.807) is 0 Å². The van der Waals surface area contributed by atoms with Gasteiger partial charge in [-0.15, -0.1) is 0 Å². The number of halogens is 1. The van der Waals surface area contributed by atoms with Gasteiger partial charge in [0.1, 0.15) is 0 Å². The van der Waals surface area contributed by atoms with E-state index in [0.717, 1.165) is 6.42 Å². The van der Waals surface area contributed by atoms with E-state index in [4.69, 9.17) is 0 Å². The molecule has 0 aliphatic carbocycles. The standard InChI is InChI=1S/C24H26BrP/c1-2-3-4-11-17-22-23(25)18-12-19-24(22)26(20-13-7-5-8-14-20)21-15-9-6-10-16-21/h5-10,12-16,18-19H,2-4,11,17H2,1H3. The number of unbranched alkanes of at least 4 members (excludes halogenated alkanes) is 3. The number of rotatable bonds is 8. The van der Waals surface area contributed by atoms with Crippen molar-refractivity contribution in [1.29, 1.82) is 0 Å². The van der Waals surface area contributed by atoms with E-state index in [2.05, 4.69) is 102 Å². The highest BCUT2D eigenvalue weighted by atomic mass is 79.9. The molecule has 0 saturated heterocycles. The largest absolute Gasteiger partial charge is 0.0654 e.